The maximum atomic E-state index is 11.6. The average Bonchev–Trinajstić information content (AvgIpc) is 2.39. The van der Waals surface area contributed by atoms with E-state index in [1.54, 1.807) is 0 Å². The number of alkyl halides is 6. The molecule has 4 aliphatic carbocycles. The van der Waals surface area contributed by atoms with Crippen molar-refractivity contribution in [2.24, 2.45) is 0 Å². The number of hydrogen-bond acceptors (Lipinski definition) is 2. The molecule has 21 heavy (non-hydrogen) atoms. The van der Waals surface area contributed by atoms with Crippen LogP contribution in [0.1, 0.15) is 0 Å². The minimum absolute atomic E-state index is 0.313. The van der Waals surface area contributed by atoms with Gasteiger partial charge in [-0.2, -0.15) is 0 Å². The summed E-state index contributed by atoms with van der Waals surface area (Å²) in [5.74, 6) is -3.24. The Kier molecular flexibility index (Phi) is 2.91. The molecule has 4 aliphatic rings. The summed E-state index contributed by atoms with van der Waals surface area (Å²) in [4.78, 5) is 9.69. The first-order valence-corrected chi connectivity index (χ1v) is 7.90. The van der Waals surface area contributed by atoms with Crippen molar-refractivity contribution in [3.8, 4) is 0 Å². The van der Waals surface area contributed by atoms with Crippen LogP contribution in [0.5, 0.6) is 0 Å². The molecule has 0 aromatic heterocycles. The molecule has 0 radical (unpaired) electrons. The summed E-state index contributed by atoms with van der Waals surface area (Å²) in [7, 11) is 0. The third kappa shape index (κ3) is 0.964. The van der Waals surface area contributed by atoms with E-state index in [2.05, 4.69) is 0 Å². The van der Waals surface area contributed by atoms with Gasteiger partial charge in [-0.3, -0.25) is 9.59 Å². The molecule has 6 atom stereocenters. The molecule has 2 N–H and O–H groups in total. The summed E-state index contributed by atoms with van der Waals surface area (Å²) < 4.78 is 0. The van der Waals surface area contributed by atoms with E-state index in [1.165, 1.54) is 0 Å². The minimum Gasteiger partial charge on any atom is -0.480 e. The van der Waals surface area contributed by atoms with Gasteiger partial charge in [0.15, 0.2) is 9.75 Å². The van der Waals surface area contributed by atoms with Crippen LogP contribution in [0.2, 0.25) is 0 Å². The van der Waals surface area contributed by atoms with Crippen molar-refractivity contribution in [1.82, 2.24) is 0 Å². The maximum Gasteiger partial charge on any atom is 0.329 e. The highest BCUT2D eigenvalue weighted by atomic mass is 35.5. The van der Waals surface area contributed by atoms with Crippen LogP contribution < -0.4 is 0 Å². The largest absolute Gasteiger partial charge is 0.480 e. The highest BCUT2D eigenvalue weighted by Gasteiger charge is 3.12. The Balaban J connectivity index is 2.44. The van der Waals surface area contributed by atoms with Gasteiger partial charge in [0, 0.05) is 5.03 Å². The van der Waals surface area contributed by atoms with Gasteiger partial charge in [0.1, 0.15) is 19.5 Å². The van der Waals surface area contributed by atoms with E-state index in [-0.39, 0.29) is 5.03 Å². The van der Waals surface area contributed by atoms with Gasteiger partial charge >= 0.3 is 11.9 Å². The summed E-state index contributed by atoms with van der Waals surface area (Å²) in [6.07, 6.45) is 1.00. The number of aliphatic carboxylic acids is 2. The number of carboxylic acids is 2. The molecule has 2 fully saturated rings. The Morgan fingerprint density at radius 1 is 0.857 bits per heavy atom. The molecule has 4 rings (SSSR count). The van der Waals surface area contributed by atoms with Crippen molar-refractivity contribution in [1.29, 1.82) is 0 Å². The van der Waals surface area contributed by atoms with E-state index in [0.717, 1.165) is 6.08 Å². The first-order chi connectivity index (χ1) is 9.26. The zero-order valence-electron chi connectivity index (χ0n) is 9.43. The lowest BCUT2D eigenvalue weighted by Gasteiger charge is -2.87. The second-order valence-corrected chi connectivity index (χ2v) is 8.94. The highest BCUT2D eigenvalue weighted by molar-refractivity contribution is 6.70. The summed E-state index contributed by atoms with van der Waals surface area (Å²) in [5, 5.41) is 18.5. The van der Waals surface area contributed by atoms with Crippen molar-refractivity contribution in [3.63, 3.8) is 0 Å². The first kappa shape index (κ1) is 16.6. The molecule has 0 spiro atoms. The zero-order chi connectivity index (χ0) is 16.4. The van der Waals surface area contributed by atoms with E-state index < -0.39 is 41.2 Å². The Morgan fingerprint density at radius 3 is 1.67 bits per heavy atom. The van der Waals surface area contributed by atoms with Gasteiger partial charge in [0.05, 0.1) is 0 Å². The Bertz CT molecular complexity index is 668. The van der Waals surface area contributed by atoms with E-state index in [0.29, 0.717) is 0 Å². The molecule has 4 bridgehead atoms. The molecule has 0 saturated heterocycles. The van der Waals surface area contributed by atoms with Crippen LogP contribution in [0.15, 0.2) is 11.1 Å². The lowest BCUT2D eigenvalue weighted by molar-refractivity contribution is -0.172. The lowest BCUT2D eigenvalue weighted by Crippen LogP contribution is -3.11. The normalized spacial score (nSPS) is 60.4. The van der Waals surface area contributed by atoms with Crippen LogP contribution in [0.3, 0.4) is 0 Å². The summed E-state index contributed by atoms with van der Waals surface area (Å²) >= 11 is 43.3. The molecule has 0 aromatic carbocycles. The number of rotatable bonds is 2. The summed E-state index contributed by atoms with van der Waals surface area (Å²) in [6.45, 7) is 0. The maximum absolute atomic E-state index is 11.6. The van der Waals surface area contributed by atoms with Crippen LogP contribution in [0.4, 0.5) is 0 Å². The molecule has 0 heterocycles. The molecule has 0 unspecified atom stereocenters. The topological polar surface area (TPSA) is 74.6 Å². The van der Waals surface area contributed by atoms with Crippen molar-refractivity contribution in [2.45, 2.75) is 29.2 Å². The molecular weight excluding hydrogens is 432 g/mol. The van der Waals surface area contributed by atoms with Gasteiger partial charge in [-0.25, -0.2) is 0 Å². The molecule has 11 heteroatoms. The second kappa shape index (κ2) is 3.69. The Labute approximate surface area is 152 Å². The van der Waals surface area contributed by atoms with E-state index in [4.69, 9.17) is 81.2 Å². The Hall–Kier alpha value is 0.710. The summed E-state index contributed by atoms with van der Waals surface area (Å²) in [5.41, 5.74) is 0. The van der Waals surface area contributed by atoms with Gasteiger partial charge in [-0.15, -0.1) is 69.6 Å². The van der Waals surface area contributed by atoms with Crippen molar-refractivity contribution in [2.75, 3.05) is 0 Å². The van der Waals surface area contributed by atoms with Crippen molar-refractivity contribution >= 4 is 93.1 Å². The molecular formula is C10H3Cl7O4. The van der Waals surface area contributed by atoms with E-state index >= 15 is 0 Å². The van der Waals surface area contributed by atoms with Gasteiger partial charge in [0.25, 0.3) is 0 Å². The van der Waals surface area contributed by atoms with Crippen molar-refractivity contribution < 1.29 is 19.8 Å². The van der Waals surface area contributed by atoms with Gasteiger partial charge < -0.3 is 10.2 Å². The van der Waals surface area contributed by atoms with Crippen molar-refractivity contribution in [3.05, 3.63) is 11.1 Å². The van der Waals surface area contributed by atoms with E-state index in [9.17, 15) is 19.8 Å². The van der Waals surface area contributed by atoms with Crippen LogP contribution in [-0.4, -0.2) is 51.4 Å². The number of allylic oxidation sites excluding steroid dienone is 2. The van der Waals surface area contributed by atoms with Gasteiger partial charge in [0.2, 0.25) is 0 Å². The predicted octanol–water partition coefficient (Wildman–Crippen LogP) is 3.18. The Morgan fingerprint density at radius 2 is 1.29 bits per heavy atom. The number of carboxylic acid groups (broad SMARTS) is 2. The third-order valence-electron chi connectivity index (χ3n) is 4.62. The number of halogens is 7. The predicted molar refractivity (Wildman–Crippen MR) is 80.7 cm³/mol. The molecule has 0 aromatic rings. The van der Waals surface area contributed by atoms with Crippen LogP contribution >= 0.6 is 81.2 Å². The average molecular weight is 435 g/mol. The first-order valence-electron chi connectivity index (χ1n) is 5.26. The SMILES string of the molecule is O=C(O)[C@@]1(Cl)[C@]2(Cl)C=C(Cl)[C@]3(Cl)[C@@](Cl)(C(=O)O)[C@@]2(Cl)[C@@]13Cl. The fourth-order valence-corrected chi connectivity index (χ4v) is 8.43. The third-order valence-corrected chi connectivity index (χ3v) is 10.4. The zero-order valence-corrected chi connectivity index (χ0v) is 14.7. The summed E-state index contributed by atoms with van der Waals surface area (Å²) in [6, 6.07) is 0. The van der Waals surface area contributed by atoms with E-state index in [1.807, 2.05) is 0 Å². The van der Waals surface area contributed by atoms with Crippen LogP contribution in [0, 0.1) is 0 Å². The van der Waals surface area contributed by atoms with Gasteiger partial charge in [-0.05, 0) is 6.08 Å². The number of hydrogen-bond donors (Lipinski definition) is 2. The molecule has 4 nitrogen and oxygen atoms in total. The van der Waals surface area contributed by atoms with Crippen LogP contribution in [-0.2, 0) is 9.59 Å². The molecule has 0 aliphatic heterocycles. The van der Waals surface area contributed by atoms with Gasteiger partial charge in [-0.1, -0.05) is 11.6 Å². The monoisotopic (exact) mass is 432 g/mol. The molecule has 2 saturated carbocycles. The molecule has 116 valence electrons. The second-order valence-electron chi connectivity index (χ2n) is 5.11. The highest BCUT2D eigenvalue weighted by Crippen LogP contribution is 2.92. The fourth-order valence-electron chi connectivity index (χ4n) is 3.69. The molecule has 0 amide bonds. The quantitative estimate of drug-likeness (QED) is 0.654. The number of carbonyl (C=O) groups is 2. The smallest absolute Gasteiger partial charge is 0.329 e. The lowest BCUT2D eigenvalue weighted by atomic mass is 9.31. The fraction of sp³-hybridized carbons (Fsp3) is 0.600. The van der Waals surface area contributed by atoms with Crippen LogP contribution in [0.25, 0.3) is 0 Å². The standard InChI is InChI=1S/C10H3Cl7O4/c11-2-1-5(12)7(14,3(18)19)10(17)6(2,13)8(15,4(20)21)9(5,10)16/h1H,(H,18,19)(H,20,21)/t5-,6+,7-,8+,9-,10+/m1/s1. The minimum atomic E-state index is -2.42.